The second-order valence-corrected chi connectivity index (χ2v) is 7.90. The van der Waals surface area contributed by atoms with E-state index in [1.165, 1.54) is 4.88 Å². The van der Waals surface area contributed by atoms with Gasteiger partial charge < -0.3 is 14.7 Å². The first kappa shape index (κ1) is 18.1. The number of aromatic nitrogens is 2. The van der Waals surface area contributed by atoms with E-state index in [1.54, 1.807) is 11.3 Å². The Bertz CT molecular complexity index is 660. The lowest BCUT2D eigenvalue weighted by molar-refractivity contribution is -0.121. The molecule has 0 unspecified atom stereocenters. The van der Waals surface area contributed by atoms with Crippen LogP contribution >= 0.6 is 11.3 Å². The van der Waals surface area contributed by atoms with E-state index in [0.29, 0.717) is 24.8 Å². The number of amides is 1. The Morgan fingerprint density at radius 1 is 1.44 bits per heavy atom. The van der Waals surface area contributed by atoms with Gasteiger partial charge in [0.2, 0.25) is 11.8 Å². The molecular formula is C18H26N4O2S. The van der Waals surface area contributed by atoms with E-state index in [9.17, 15) is 4.79 Å². The van der Waals surface area contributed by atoms with Gasteiger partial charge in [-0.1, -0.05) is 25.1 Å². The van der Waals surface area contributed by atoms with Crippen molar-refractivity contribution in [3.63, 3.8) is 0 Å². The van der Waals surface area contributed by atoms with Gasteiger partial charge in [0.1, 0.15) is 0 Å². The summed E-state index contributed by atoms with van der Waals surface area (Å²) >= 11 is 1.67. The van der Waals surface area contributed by atoms with Crippen LogP contribution in [0.3, 0.4) is 0 Å². The number of carbonyl (C=O) groups is 1. The van der Waals surface area contributed by atoms with E-state index in [-0.39, 0.29) is 5.91 Å². The van der Waals surface area contributed by atoms with Crippen molar-refractivity contribution in [2.75, 3.05) is 19.6 Å². The van der Waals surface area contributed by atoms with Crippen molar-refractivity contribution in [1.29, 1.82) is 0 Å². The van der Waals surface area contributed by atoms with Crippen molar-refractivity contribution in [3.8, 4) is 0 Å². The third-order valence-electron chi connectivity index (χ3n) is 4.61. The molecule has 0 atom stereocenters. The molecule has 1 saturated heterocycles. The predicted molar refractivity (Wildman–Crippen MR) is 97.6 cm³/mol. The number of hydrogen-bond acceptors (Lipinski definition) is 6. The molecule has 1 N–H and O–H groups in total. The van der Waals surface area contributed by atoms with Crippen LogP contribution in [0.15, 0.2) is 22.0 Å². The summed E-state index contributed by atoms with van der Waals surface area (Å²) in [6.07, 6.45) is 2.57. The van der Waals surface area contributed by atoms with Crippen molar-refractivity contribution in [3.05, 3.63) is 34.1 Å². The minimum atomic E-state index is 0.119. The van der Waals surface area contributed by atoms with E-state index in [0.717, 1.165) is 44.2 Å². The smallest absolute Gasteiger partial charge is 0.229 e. The zero-order chi connectivity index (χ0) is 17.6. The number of carbonyl (C=O) groups excluding carboxylic acids is 1. The zero-order valence-electron chi connectivity index (χ0n) is 14.9. The van der Waals surface area contributed by atoms with Gasteiger partial charge in [-0.05, 0) is 37.4 Å². The second-order valence-electron chi connectivity index (χ2n) is 6.87. The first-order valence-corrected chi connectivity index (χ1v) is 9.84. The Morgan fingerprint density at radius 3 is 2.88 bits per heavy atom. The molecule has 2 aromatic heterocycles. The average molecular weight is 362 g/mol. The molecule has 3 rings (SSSR count). The average Bonchev–Trinajstić information content (AvgIpc) is 3.30. The fraction of sp³-hybridized carbons (Fsp3) is 0.611. The predicted octanol–water partition coefficient (Wildman–Crippen LogP) is 3.14. The first-order valence-electron chi connectivity index (χ1n) is 8.96. The quantitative estimate of drug-likeness (QED) is 0.819. The molecule has 0 saturated carbocycles. The Morgan fingerprint density at radius 2 is 2.24 bits per heavy atom. The van der Waals surface area contributed by atoms with Gasteiger partial charge in [-0.2, -0.15) is 4.98 Å². The Hall–Kier alpha value is -1.73. The maximum atomic E-state index is 12.0. The monoisotopic (exact) mass is 362 g/mol. The molecule has 0 aromatic carbocycles. The Labute approximate surface area is 152 Å². The summed E-state index contributed by atoms with van der Waals surface area (Å²) < 4.78 is 5.42. The summed E-state index contributed by atoms with van der Waals surface area (Å²) in [7, 11) is 0. The van der Waals surface area contributed by atoms with Crippen molar-refractivity contribution in [2.45, 2.75) is 51.5 Å². The summed E-state index contributed by atoms with van der Waals surface area (Å²) in [5.74, 6) is 2.33. The number of rotatable bonds is 7. The molecule has 0 bridgehead atoms. The van der Waals surface area contributed by atoms with Gasteiger partial charge in [0.05, 0.1) is 6.54 Å². The number of hydrogen-bond donors (Lipinski definition) is 1. The van der Waals surface area contributed by atoms with Crippen LogP contribution in [0.1, 0.15) is 61.5 Å². The molecule has 0 spiro atoms. The molecule has 0 aliphatic carbocycles. The molecule has 136 valence electrons. The fourth-order valence-corrected chi connectivity index (χ4v) is 3.64. The SMILES string of the molecule is CC(C)c1noc(C2CCN(CCC(=O)NCc3cccs3)CC2)n1. The van der Waals surface area contributed by atoms with E-state index in [4.69, 9.17) is 4.52 Å². The largest absolute Gasteiger partial charge is 0.351 e. The van der Waals surface area contributed by atoms with Crippen molar-refractivity contribution in [2.24, 2.45) is 0 Å². The van der Waals surface area contributed by atoms with E-state index < -0.39 is 0 Å². The minimum Gasteiger partial charge on any atom is -0.351 e. The van der Waals surface area contributed by atoms with Crippen molar-refractivity contribution >= 4 is 17.2 Å². The second kappa shape index (κ2) is 8.58. The normalized spacial score (nSPS) is 16.4. The van der Waals surface area contributed by atoms with Crippen molar-refractivity contribution in [1.82, 2.24) is 20.4 Å². The molecule has 3 heterocycles. The van der Waals surface area contributed by atoms with Crippen LogP contribution in [0, 0.1) is 0 Å². The highest BCUT2D eigenvalue weighted by Gasteiger charge is 2.25. The summed E-state index contributed by atoms with van der Waals surface area (Å²) in [6, 6.07) is 4.04. The van der Waals surface area contributed by atoms with Gasteiger partial charge in [-0.15, -0.1) is 11.3 Å². The third kappa shape index (κ3) is 5.12. The van der Waals surface area contributed by atoms with Gasteiger partial charge in [0.15, 0.2) is 5.82 Å². The molecule has 1 aliphatic rings. The molecule has 2 aromatic rings. The molecule has 25 heavy (non-hydrogen) atoms. The van der Waals surface area contributed by atoms with Gasteiger partial charge in [-0.25, -0.2) is 0 Å². The van der Waals surface area contributed by atoms with Gasteiger partial charge >= 0.3 is 0 Å². The molecule has 1 aliphatic heterocycles. The first-order chi connectivity index (χ1) is 12.1. The van der Waals surface area contributed by atoms with Crippen LogP contribution in [0.5, 0.6) is 0 Å². The van der Waals surface area contributed by atoms with Crippen LogP contribution in [0.25, 0.3) is 0 Å². The lowest BCUT2D eigenvalue weighted by Crippen LogP contribution is -2.36. The topological polar surface area (TPSA) is 71.3 Å². The number of thiophene rings is 1. The minimum absolute atomic E-state index is 0.119. The molecule has 1 fully saturated rings. The number of nitrogens with one attached hydrogen (secondary N) is 1. The number of likely N-dealkylation sites (tertiary alicyclic amines) is 1. The van der Waals surface area contributed by atoms with Gasteiger partial charge in [0.25, 0.3) is 0 Å². The Kier molecular flexibility index (Phi) is 6.20. The summed E-state index contributed by atoms with van der Waals surface area (Å²) in [5, 5.41) is 9.07. The van der Waals surface area contributed by atoms with Crippen LogP contribution in [0.2, 0.25) is 0 Å². The highest BCUT2D eigenvalue weighted by molar-refractivity contribution is 7.09. The lowest BCUT2D eigenvalue weighted by Gasteiger charge is -2.30. The van der Waals surface area contributed by atoms with Gasteiger partial charge in [0, 0.05) is 29.7 Å². The number of piperidine rings is 1. The van der Waals surface area contributed by atoms with Gasteiger partial charge in [-0.3, -0.25) is 4.79 Å². The number of nitrogens with zero attached hydrogens (tertiary/aromatic N) is 3. The zero-order valence-corrected chi connectivity index (χ0v) is 15.7. The highest BCUT2D eigenvalue weighted by Crippen LogP contribution is 2.27. The maximum Gasteiger partial charge on any atom is 0.229 e. The van der Waals surface area contributed by atoms with Crippen LogP contribution in [-0.4, -0.2) is 40.6 Å². The van der Waals surface area contributed by atoms with Crippen LogP contribution in [-0.2, 0) is 11.3 Å². The molecule has 0 radical (unpaired) electrons. The standard InChI is InChI=1S/C18H26N4O2S/c1-13(2)17-20-18(24-21-17)14-5-8-22(9-6-14)10-7-16(23)19-12-15-4-3-11-25-15/h3-4,11,13-14H,5-10,12H2,1-2H3,(H,19,23). The molecule has 1 amide bonds. The fourth-order valence-electron chi connectivity index (χ4n) is 3.00. The lowest BCUT2D eigenvalue weighted by atomic mass is 9.96. The van der Waals surface area contributed by atoms with E-state index in [2.05, 4.69) is 34.2 Å². The summed E-state index contributed by atoms with van der Waals surface area (Å²) in [5.41, 5.74) is 0. The van der Waals surface area contributed by atoms with Crippen molar-refractivity contribution < 1.29 is 9.32 Å². The molecular weight excluding hydrogens is 336 g/mol. The van der Waals surface area contributed by atoms with E-state index >= 15 is 0 Å². The van der Waals surface area contributed by atoms with Crippen LogP contribution < -0.4 is 5.32 Å². The Balaban J connectivity index is 1.36. The summed E-state index contributed by atoms with van der Waals surface area (Å²) in [4.78, 5) is 20.0. The highest BCUT2D eigenvalue weighted by atomic mass is 32.1. The third-order valence-corrected chi connectivity index (χ3v) is 5.48. The van der Waals surface area contributed by atoms with E-state index in [1.807, 2.05) is 17.5 Å². The molecule has 7 heteroatoms. The maximum absolute atomic E-state index is 12.0. The molecule has 6 nitrogen and oxygen atoms in total. The summed E-state index contributed by atoms with van der Waals surface area (Å²) in [6.45, 7) is 7.53. The van der Waals surface area contributed by atoms with Crippen LogP contribution in [0.4, 0.5) is 0 Å².